The third-order valence-corrected chi connectivity index (χ3v) is 1.21. The van der Waals surface area contributed by atoms with E-state index in [9.17, 15) is 0 Å². The minimum Gasteiger partial charge on any atom is -0.476 e. The molecule has 0 spiro atoms. The molecule has 0 N–H and O–H groups in total. The van der Waals surface area contributed by atoms with E-state index in [1.54, 1.807) is 9.09 Å². The number of rotatable bonds is 2. The summed E-state index contributed by atoms with van der Waals surface area (Å²) in [4.78, 5) is 0. The second-order valence-electron chi connectivity index (χ2n) is 1.38. The van der Waals surface area contributed by atoms with Crippen LogP contribution in [0.25, 0.3) is 0 Å². The lowest BCUT2D eigenvalue weighted by atomic mass is 10.8. The van der Waals surface area contributed by atoms with Gasteiger partial charge in [-0.05, 0) is 6.92 Å². The Morgan fingerprint density at radius 1 is 1.89 bits per heavy atom. The number of hydrogen-bond acceptors (Lipinski definition) is 3. The second-order valence-corrected chi connectivity index (χ2v) is 2.37. The van der Waals surface area contributed by atoms with Gasteiger partial charge in [0.1, 0.15) is 6.20 Å². The molecule has 0 saturated carbocycles. The van der Waals surface area contributed by atoms with Crippen LogP contribution >= 0.6 is 22.9 Å². The fraction of sp³-hybridized carbons (Fsp3) is 0.500. The molecule has 0 atom stereocenters. The molecular formula is C4H6IN3O. The van der Waals surface area contributed by atoms with Crippen molar-refractivity contribution < 1.29 is 4.74 Å². The highest BCUT2D eigenvalue weighted by molar-refractivity contribution is 14.1. The average molecular weight is 239 g/mol. The molecule has 0 unspecified atom stereocenters. The van der Waals surface area contributed by atoms with Crippen molar-refractivity contribution in [3.05, 3.63) is 6.20 Å². The fourth-order valence-electron chi connectivity index (χ4n) is 0.444. The molecule has 4 nitrogen and oxygen atoms in total. The van der Waals surface area contributed by atoms with Crippen LogP contribution in [-0.4, -0.2) is 19.8 Å². The molecule has 0 aromatic carbocycles. The first-order chi connectivity index (χ1) is 4.33. The van der Waals surface area contributed by atoms with Crippen LogP contribution in [0.5, 0.6) is 5.88 Å². The zero-order valence-electron chi connectivity index (χ0n) is 4.91. The third-order valence-electron chi connectivity index (χ3n) is 0.738. The van der Waals surface area contributed by atoms with Crippen LogP contribution in [0.4, 0.5) is 0 Å². The average Bonchev–Trinajstić information content (AvgIpc) is 2.17. The smallest absolute Gasteiger partial charge is 0.254 e. The van der Waals surface area contributed by atoms with Crippen LogP contribution < -0.4 is 4.74 Å². The van der Waals surface area contributed by atoms with Crippen LogP contribution in [0.2, 0.25) is 0 Å². The van der Waals surface area contributed by atoms with Gasteiger partial charge >= 0.3 is 0 Å². The highest BCUT2D eigenvalue weighted by Gasteiger charge is 1.94. The monoisotopic (exact) mass is 239 g/mol. The molecule has 0 radical (unpaired) electrons. The topological polar surface area (TPSA) is 39.9 Å². The van der Waals surface area contributed by atoms with Crippen LogP contribution in [-0.2, 0) is 0 Å². The molecule has 50 valence electrons. The van der Waals surface area contributed by atoms with Crippen LogP contribution in [0.3, 0.4) is 0 Å². The van der Waals surface area contributed by atoms with Gasteiger partial charge in [0.05, 0.1) is 29.5 Å². The van der Waals surface area contributed by atoms with Gasteiger partial charge in [-0.25, -0.2) is 0 Å². The molecule has 1 rings (SSSR count). The Hall–Kier alpha value is -0.330. The fourth-order valence-corrected chi connectivity index (χ4v) is 0.778. The summed E-state index contributed by atoms with van der Waals surface area (Å²) >= 11 is 2.00. The van der Waals surface area contributed by atoms with Crippen molar-refractivity contribution in [3.63, 3.8) is 0 Å². The normalized spacial score (nSPS) is 9.56. The van der Waals surface area contributed by atoms with E-state index in [-0.39, 0.29) is 0 Å². The zero-order valence-corrected chi connectivity index (χ0v) is 7.07. The van der Waals surface area contributed by atoms with Gasteiger partial charge in [-0.1, -0.05) is 10.3 Å². The first-order valence-electron chi connectivity index (χ1n) is 2.54. The van der Waals surface area contributed by atoms with Gasteiger partial charge in [-0.3, -0.25) is 0 Å². The number of ether oxygens (including phenoxy) is 1. The van der Waals surface area contributed by atoms with Crippen molar-refractivity contribution in [1.29, 1.82) is 0 Å². The summed E-state index contributed by atoms with van der Waals surface area (Å²) in [5.74, 6) is 0.576. The first kappa shape index (κ1) is 6.79. The number of halogens is 1. The molecule has 0 amide bonds. The van der Waals surface area contributed by atoms with E-state index in [4.69, 9.17) is 4.74 Å². The number of hydrogen-bond donors (Lipinski definition) is 0. The summed E-state index contributed by atoms with van der Waals surface area (Å²) in [5, 5.41) is 7.35. The molecular weight excluding hydrogens is 233 g/mol. The predicted molar refractivity (Wildman–Crippen MR) is 40.6 cm³/mol. The summed E-state index contributed by atoms with van der Waals surface area (Å²) in [6, 6.07) is 0. The van der Waals surface area contributed by atoms with Gasteiger partial charge in [-0.15, -0.1) is 0 Å². The first-order valence-corrected chi connectivity index (χ1v) is 3.50. The summed E-state index contributed by atoms with van der Waals surface area (Å²) in [7, 11) is 0. The molecule has 5 heteroatoms. The predicted octanol–water partition coefficient (Wildman–Crippen LogP) is 0.875. The van der Waals surface area contributed by atoms with Gasteiger partial charge in [-0.2, -0.15) is 2.90 Å². The van der Waals surface area contributed by atoms with E-state index >= 15 is 0 Å². The van der Waals surface area contributed by atoms with Gasteiger partial charge in [0.2, 0.25) is 0 Å². The minimum atomic E-state index is 0.576. The van der Waals surface area contributed by atoms with E-state index in [0.717, 1.165) is 0 Å². The lowest BCUT2D eigenvalue weighted by Gasteiger charge is -1.91. The second kappa shape index (κ2) is 3.00. The molecule has 9 heavy (non-hydrogen) atoms. The van der Waals surface area contributed by atoms with E-state index in [2.05, 4.69) is 10.3 Å². The molecule has 0 fully saturated rings. The highest BCUT2D eigenvalue weighted by Crippen LogP contribution is 2.04. The Kier molecular flexibility index (Phi) is 2.26. The van der Waals surface area contributed by atoms with Gasteiger partial charge in [0.25, 0.3) is 5.88 Å². The zero-order chi connectivity index (χ0) is 6.69. The van der Waals surface area contributed by atoms with Crippen LogP contribution in [0.15, 0.2) is 6.20 Å². The van der Waals surface area contributed by atoms with Crippen molar-refractivity contribution in [2.75, 3.05) is 6.61 Å². The maximum absolute atomic E-state index is 5.03. The Bertz CT molecular complexity index is 188. The van der Waals surface area contributed by atoms with Crippen LogP contribution in [0, 0.1) is 0 Å². The Morgan fingerprint density at radius 3 is 3.11 bits per heavy atom. The highest BCUT2D eigenvalue weighted by atomic mass is 127. The summed E-state index contributed by atoms with van der Waals surface area (Å²) in [6.45, 7) is 2.54. The van der Waals surface area contributed by atoms with Crippen molar-refractivity contribution in [2.24, 2.45) is 0 Å². The maximum atomic E-state index is 5.03. The van der Waals surface area contributed by atoms with E-state index in [1.165, 1.54) is 0 Å². The lowest BCUT2D eigenvalue weighted by Crippen LogP contribution is -1.90. The third kappa shape index (κ3) is 1.81. The van der Waals surface area contributed by atoms with Crippen molar-refractivity contribution in [1.82, 2.24) is 13.2 Å². The molecule has 0 aliphatic carbocycles. The van der Waals surface area contributed by atoms with Gasteiger partial charge in [0, 0.05) is 0 Å². The summed E-state index contributed by atoms with van der Waals surface area (Å²) in [6.07, 6.45) is 1.71. The Morgan fingerprint density at radius 2 is 2.67 bits per heavy atom. The Balaban J connectivity index is 2.61. The SMILES string of the molecule is CCOc1cn(I)nn1. The van der Waals surface area contributed by atoms with Crippen molar-refractivity contribution >= 4 is 22.9 Å². The summed E-state index contributed by atoms with van der Waals surface area (Å²) < 4.78 is 6.60. The molecule has 0 aliphatic rings. The van der Waals surface area contributed by atoms with Crippen LogP contribution in [0.1, 0.15) is 6.92 Å². The largest absolute Gasteiger partial charge is 0.476 e. The molecule has 1 aromatic rings. The molecule has 0 aliphatic heterocycles. The lowest BCUT2D eigenvalue weighted by molar-refractivity contribution is 0.326. The minimum absolute atomic E-state index is 0.576. The van der Waals surface area contributed by atoms with E-state index < -0.39 is 0 Å². The maximum Gasteiger partial charge on any atom is 0.254 e. The molecule has 0 bridgehead atoms. The Labute approximate surface area is 66.7 Å². The number of nitrogens with zero attached hydrogens (tertiary/aromatic N) is 3. The van der Waals surface area contributed by atoms with E-state index in [1.807, 2.05) is 29.8 Å². The quantitative estimate of drug-likeness (QED) is 0.719. The van der Waals surface area contributed by atoms with Gasteiger partial charge < -0.3 is 4.74 Å². The van der Waals surface area contributed by atoms with E-state index in [0.29, 0.717) is 12.5 Å². The summed E-state index contributed by atoms with van der Waals surface area (Å²) in [5.41, 5.74) is 0. The van der Waals surface area contributed by atoms with Gasteiger partial charge in [0.15, 0.2) is 0 Å². The van der Waals surface area contributed by atoms with Crippen molar-refractivity contribution in [3.8, 4) is 5.88 Å². The number of aromatic nitrogens is 3. The molecule has 0 saturated heterocycles. The molecule has 1 heterocycles. The molecule has 1 aromatic heterocycles. The standard InChI is InChI=1S/C4H6IN3O/c1-2-9-4-3-8(5)7-6-4/h3H,2H2,1H3. The van der Waals surface area contributed by atoms with Crippen molar-refractivity contribution in [2.45, 2.75) is 6.92 Å².